The Labute approximate surface area is 104 Å². The van der Waals surface area contributed by atoms with Gasteiger partial charge in [0.15, 0.2) is 5.69 Å². The van der Waals surface area contributed by atoms with Crippen LogP contribution in [0.5, 0.6) is 0 Å². The Morgan fingerprint density at radius 3 is 2.67 bits per heavy atom. The average Bonchev–Trinajstić information content (AvgIpc) is 3.03. The summed E-state index contributed by atoms with van der Waals surface area (Å²) in [5.41, 5.74) is 0.142. The molecule has 0 saturated heterocycles. The molecule has 1 saturated carbocycles. The molecule has 1 aromatic heterocycles. The fourth-order valence-corrected chi connectivity index (χ4v) is 1.69. The summed E-state index contributed by atoms with van der Waals surface area (Å²) in [6, 6.07) is 0.672. The minimum absolute atomic E-state index is 0.142. The van der Waals surface area contributed by atoms with Crippen molar-refractivity contribution in [2.75, 3.05) is 0 Å². The number of carboxylic acids is 1. The maximum Gasteiger partial charge on any atom is 0.326 e. The van der Waals surface area contributed by atoms with Gasteiger partial charge in [0.05, 0.1) is 0 Å². The fraction of sp³-hybridized carbons (Fsp3) is 0.583. The first-order chi connectivity index (χ1) is 8.49. The second kappa shape index (κ2) is 4.80. The lowest BCUT2D eigenvalue weighted by atomic mass is 10.0. The van der Waals surface area contributed by atoms with E-state index in [4.69, 9.17) is 9.63 Å². The molecule has 0 aliphatic heterocycles. The molecule has 2 N–H and O–H groups in total. The molecular weight excluding hydrogens is 236 g/mol. The molecule has 6 nitrogen and oxygen atoms in total. The van der Waals surface area contributed by atoms with Gasteiger partial charge in [-0.3, -0.25) is 4.79 Å². The molecule has 1 heterocycles. The van der Waals surface area contributed by atoms with Crippen molar-refractivity contribution >= 4 is 11.9 Å². The second-order valence-electron chi connectivity index (χ2n) is 4.92. The van der Waals surface area contributed by atoms with Gasteiger partial charge in [-0.15, -0.1) is 0 Å². The van der Waals surface area contributed by atoms with E-state index in [1.807, 2.05) is 0 Å². The summed E-state index contributed by atoms with van der Waals surface area (Å²) in [6.45, 7) is 3.47. The van der Waals surface area contributed by atoms with E-state index in [9.17, 15) is 9.59 Å². The Kier molecular flexibility index (Phi) is 3.36. The Bertz CT molecular complexity index is 462. The van der Waals surface area contributed by atoms with Crippen LogP contribution in [0.4, 0.5) is 0 Å². The highest BCUT2D eigenvalue weighted by molar-refractivity contribution is 5.95. The van der Waals surface area contributed by atoms with Crippen molar-refractivity contribution in [3.63, 3.8) is 0 Å². The first-order valence-electron chi connectivity index (χ1n) is 5.99. The van der Waals surface area contributed by atoms with Crippen LogP contribution in [0.1, 0.15) is 48.9 Å². The minimum atomic E-state index is -1.05. The molecule has 2 rings (SSSR count). The van der Waals surface area contributed by atoms with Gasteiger partial charge in [0.25, 0.3) is 5.91 Å². The van der Waals surface area contributed by atoms with Crippen LogP contribution in [-0.4, -0.2) is 28.2 Å². The molecule has 1 aliphatic carbocycles. The lowest BCUT2D eigenvalue weighted by Crippen LogP contribution is -2.44. The zero-order chi connectivity index (χ0) is 13.3. The number of carbonyl (C=O) groups is 2. The predicted octanol–water partition coefficient (Wildman–Crippen LogP) is 1.39. The summed E-state index contributed by atoms with van der Waals surface area (Å²) in [6.07, 6.45) is 2.11. The number of nitrogens with zero attached hydrogens (tertiary/aromatic N) is 1. The Morgan fingerprint density at radius 1 is 1.50 bits per heavy atom. The van der Waals surface area contributed by atoms with Gasteiger partial charge in [0.2, 0.25) is 0 Å². The number of hydrogen-bond acceptors (Lipinski definition) is 4. The van der Waals surface area contributed by atoms with E-state index >= 15 is 0 Å². The first kappa shape index (κ1) is 12.6. The summed E-state index contributed by atoms with van der Waals surface area (Å²) < 4.78 is 5.05. The van der Waals surface area contributed by atoms with Gasteiger partial charge in [-0.1, -0.05) is 19.0 Å². The van der Waals surface area contributed by atoms with Gasteiger partial charge in [0.1, 0.15) is 11.8 Å². The Balaban J connectivity index is 2.03. The number of nitrogens with one attached hydrogen (secondary N) is 1. The maximum atomic E-state index is 11.8. The van der Waals surface area contributed by atoms with Crippen LogP contribution in [0.2, 0.25) is 0 Å². The molecule has 1 fully saturated rings. The summed E-state index contributed by atoms with van der Waals surface area (Å²) in [5.74, 6) is -0.673. The molecule has 0 aromatic carbocycles. The highest BCUT2D eigenvalue weighted by Gasteiger charge is 2.30. The minimum Gasteiger partial charge on any atom is -0.480 e. The van der Waals surface area contributed by atoms with Gasteiger partial charge < -0.3 is 14.9 Å². The lowest BCUT2D eigenvalue weighted by molar-refractivity contribution is -0.140. The summed E-state index contributed by atoms with van der Waals surface area (Å²) in [7, 11) is 0. The number of carbonyl (C=O) groups excluding carboxylic acids is 1. The molecule has 0 spiro atoms. The van der Waals surface area contributed by atoms with Crippen LogP contribution in [0.15, 0.2) is 10.6 Å². The third-order valence-electron chi connectivity index (χ3n) is 2.96. The van der Waals surface area contributed by atoms with E-state index in [1.165, 1.54) is 0 Å². The standard InChI is InChI=1S/C12H16N2O4/c1-6(2)10(12(16)17)13-11(15)8-5-9(18-14-8)7-3-4-7/h5-7,10H,3-4H2,1-2H3,(H,13,15)(H,16,17)/t10-/m1/s1. The molecule has 1 aromatic rings. The smallest absolute Gasteiger partial charge is 0.326 e. The number of hydrogen-bond donors (Lipinski definition) is 2. The van der Waals surface area contributed by atoms with Crippen molar-refractivity contribution in [2.45, 2.75) is 38.6 Å². The largest absolute Gasteiger partial charge is 0.480 e. The van der Waals surface area contributed by atoms with Crippen molar-refractivity contribution < 1.29 is 19.2 Å². The van der Waals surface area contributed by atoms with Gasteiger partial charge in [-0.2, -0.15) is 0 Å². The fourth-order valence-electron chi connectivity index (χ4n) is 1.69. The zero-order valence-corrected chi connectivity index (χ0v) is 10.3. The van der Waals surface area contributed by atoms with Crippen LogP contribution >= 0.6 is 0 Å². The van der Waals surface area contributed by atoms with Gasteiger partial charge >= 0.3 is 5.97 Å². The van der Waals surface area contributed by atoms with Crippen LogP contribution in [0.3, 0.4) is 0 Å². The third-order valence-corrected chi connectivity index (χ3v) is 2.96. The summed E-state index contributed by atoms with van der Waals surface area (Å²) >= 11 is 0. The highest BCUT2D eigenvalue weighted by atomic mass is 16.5. The maximum absolute atomic E-state index is 11.8. The molecule has 1 amide bonds. The first-order valence-corrected chi connectivity index (χ1v) is 5.99. The quantitative estimate of drug-likeness (QED) is 0.826. The van der Waals surface area contributed by atoms with Crippen molar-refractivity contribution in [2.24, 2.45) is 5.92 Å². The summed E-state index contributed by atoms with van der Waals surface area (Å²) in [4.78, 5) is 22.8. The SMILES string of the molecule is CC(C)[C@@H](NC(=O)c1cc(C2CC2)on1)C(=O)O. The number of aromatic nitrogens is 1. The van der Waals surface area contributed by atoms with E-state index in [2.05, 4.69) is 10.5 Å². The molecule has 98 valence electrons. The van der Waals surface area contributed by atoms with Gasteiger partial charge in [-0.25, -0.2) is 4.79 Å². The molecular formula is C12H16N2O4. The van der Waals surface area contributed by atoms with Crippen molar-refractivity contribution in [1.82, 2.24) is 10.5 Å². The number of rotatable bonds is 5. The molecule has 0 radical (unpaired) electrons. The molecule has 0 bridgehead atoms. The molecule has 0 unspecified atom stereocenters. The number of carboxylic acid groups (broad SMARTS) is 1. The molecule has 18 heavy (non-hydrogen) atoms. The summed E-state index contributed by atoms with van der Waals surface area (Å²) in [5, 5.41) is 15.1. The zero-order valence-electron chi connectivity index (χ0n) is 10.3. The number of amides is 1. The average molecular weight is 252 g/mol. The lowest BCUT2D eigenvalue weighted by Gasteiger charge is -2.16. The number of aliphatic carboxylic acids is 1. The van der Waals surface area contributed by atoms with E-state index in [0.717, 1.165) is 12.8 Å². The Morgan fingerprint density at radius 2 is 2.17 bits per heavy atom. The van der Waals surface area contributed by atoms with E-state index in [0.29, 0.717) is 11.7 Å². The highest BCUT2D eigenvalue weighted by Crippen LogP contribution is 2.40. The van der Waals surface area contributed by atoms with E-state index in [1.54, 1.807) is 19.9 Å². The van der Waals surface area contributed by atoms with Crippen molar-refractivity contribution in [1.29, 1.82) is 0 Å². The van der Waals surface area contributed by atoms with Crippen molar-refractivity contribution in [3.8, 4) is 0 Å². The van der Waals surface area contributed by atoms with Crippen LogP contribution < -0.4 is 5.32 Å². The van der Waals surface area contributed by atoms with Crippen LogP contribution in [-0.2, 0) is 4.79 Å². The normalized spacial score (nSPS) is 16.6. The molecule has 6 heteroatoms. The van der Waals surface area contributed by atoms with Gasteiger partial charge in [0, 0.05) is 12.0 Å². The van der Waals surface area contributed by atoms with Crippen molar-refractivity contribution in [3.05, 3.63) is 17.5 Å². The molecule has 1 atom stereocenters. The van der Waals surface area contributed by atoms with Crippen LogP contribution in [0.25, 0.3) is 0 Å². The van der Waals surface area contributed by atoms with Crippen LogP contribution in [0, 0.1) is 5.92 Å². The second-order valence-corrected chi connectivity index (χ2v) is 4.92. The third kappa shape index (κ3) is 2.69. The van der Waals surface area contributed by atoms with E-state index in [-0.39, 0.29) is 11.6 Å². The van der Waals surface area contributed by atoms with E-state index < -0.39 is 17.9 Å². The topological polar surface area (TPSA) is 92.4 Å². The Hall–Kier alpha value is -1.85. The molecule has 1 aliphatic rings. The van der Waals surface area contributed by atoms with Gasteiger partial charge in [-0.05, 0) is 18.8 Å². The monoisotopic (exact) mass is 252 g/mol. The predicted molar refractivity (Wildman–Crippen MR) is 62.2 cm³/mol.